The van der Waals surface area contributed by atoms with Crippen LogP contribution in [0.2, 0.25) is 0 Å². The van der Waals surface area contributed by atoms with Crippen LogP contribution in [-0.2, 0) is 10.2 Å². The topological polar surface area (TPSA) is 95.0 Å². The first-order valence-corrected chi connectivity index (χ1v) is 12.4. The zero-order valence-electron chi connectivity index (χ0n) is 20.8. The van der Waals surface area contributed by atoms with Crippen LogP contribution in [0.5, 0.6) is 5.75 Å². The molecule has 6 rings (SSSR count). The minimum absolute atomic E-state index is 0.0575. The van der Waals surface area contributed by atoms with Gasteiger partial charge in [-0.1, -0.05) is 13.0 Å². The van der Waals surface area contributed by atoms with Crippen LogP contribution < -0.4 is 9.64 Å². The van der Waals surface area contributed by atoms with E-state index in [4.69, 9.17) is 18.9 Å². The lowest BCUT2D eigenvalue weighted by Crippen LogP contribution is -2.44. The molecule has 1 unspecified atom stereocenters. The standard InChI is InChI=1S/C28H30N4O4/c1-17-4-7-24-22(12-17)30-27(36-24)28(2)8-10-32(11-9-28)25-20-6-5-18(35-19-15-34-16-19)13-23(20)31(3)26(33)21(25)14-29/h4-7,12-13,19,26,33H,8-11,15-16H2,1-3H3. The van der Waals surface area contributed by atoms with Crippen molar-refractivity contribution in [2.75, 3.05) is 38.3 Å². The van der Waals surface area contributed by atoms with E-state index >= 15 is 0 Å². The lowest BCUT2D eigenvalue weighted by Gasteiger charge is -2.43. The van der Waals surface area contributed by atoms with E-state index in [2.05, 4.69) is 30.9 Å². The summed E-state index contributed by atoms with van der Waals surface area (Å²) in [5.74, 6) is 1.50. The van der Waals surface area contributed by atoms with Crippen LogP contribution in [0.4, 0.5) is 5.69 Å². The molecule has 3 aliphatic heterocycles. The number of ether oxygens (including phenoxy) is 2. The predicted molar refractivity (Wildman–Crippen MR) is 136 cm³/mol. The molecule has 36 heavy (non-hydrogen) atoms. The van der Waals surface area contributed by atoms with Gasteiger partial charge >= 0.3 is 0 Å². The molecule has 3 aromatic rings. The second kappa shape index (κ2) is 8.54. The quantitative estimate of drug-likeness (QED) is 0.592. The second-order valence-electron chi connectivity index (χ2n) is 10.4. The number of likely N-dealkylation sites (N-methyl/N-ethyl adjacent to an activating group) is 1. The highest BCUT2D eigenvalue weighted by Crippen LogP contribution is 2.44. The van der Waals surface area contributed by atoms with E-state index in [-0.39, 0.29) is 11.5 Å². The van der Waals surface area contributed by atoms with Crippen LogP contribution in [-0.4, -0.2) is 60.7 Å². The van der Waals surface area contributed by atoms with Gasteiger partial charge in [-0.15, -0.1) is 0 Å². The summed E-state index contributed by atoms with van der Waals surface area (Å²) in [6.07, 6.45) is 0.687. The van der Waals surface area contributed by atoms with Crippen molar-refractivity contribution in [3.05, 3.63) is 59.0 Å². The normalized spacial score (nSPS) is 21.8. The van der Waals surface area contributed by atoms with Gasteiger partial charge in [0.05, 0.1) is 24.6 Å². The highest BCUT2D eigenvalue weighted by molar-refractivity contribution is 5.85. The lowest BCUT2D eigenvalue weighted by molar-refractivity contribution is -0.0796. The van der Waals surface area contributed by atoms with E-state index in [9.17, 15) is 10.4 Å². The largest absolute Gasteiger partial charge is 0.486 e. The monoisotopic (exact) mass is 486 g/mol. The average Bonchev–Trinajstić information content (AvgIpc) is 3.28. The third kappa shape index (κ3) is 3.71. The van der Waals surface area contributed by atoms with E-state index in [0.717, 1.165) is 71.2 Å². The van der Waals surface area contributed by atoms with Gasteiger partial charge in [0.15, 0.2) is 11.8 Å². The maximum Gasteiger partial charge on any atom is 0.201 e. The molecule has 8 nitrogen and oxygen atoms in total. The Morgan fingerprint density at radius 1 is 1.17 bits per heavy atom. The zero-order chi connectivity index (χ0) is 25.0. The Labute approximate surface area is 210 Å². The summed E-state index contributed by atoms with van der Waals surface area (Å²) < 4.78 is 17.4. The third-order valence-corrected chi connectivity index (χ3v) is 7.76. The molecule has 2 saturated heterocycles. The highest BCUT2D eigenvalue weighted by Gasteiger charge is 2.40. The van der Waals surface area contributed by atoms with Crippen molar-refractivity contribution in [3.8, 4) is 11.8 Å². The van der Waals surface area contributed by atoms with Crippen molar-refractivity contribution < 1.29 is 19.0 Å². The van der Waals surface area contributed by atoms with E-state index in [1.165, 1.54) is 0 Å². The van der Waals surface area contributed by atoms with Gasteiger partial charge < -0.3 is 28.8 Å². The molecule has 0 aliphatic carbocycles. The summed E-state index contributed by atoms with van der Waals surface area (Å²) in [5.41, 5.74) is 5.60. The number of aliphatic hydroxyl groups is 1. The number of likely N-dealkylation sites (tertiary alicyclic amines) is 1. The summed E-state index contributed by atoms with van der Waals surface area (Å²) in [7, 11) is 1.80. The van der Waals surface area contributed by atoms with E-state index in [1.54, 1.807) is 11.9 Å². The van der Waals surface area contributed by atoms with Crippen LogP contribution in [0.1, 0.15) is 36.8 Å². The molecule has 2 aromatic carbocycles. The van der Waals surface area contributed by atoms with Crippen molar-refractivity contribution >= 4 is 22.5 Å². The van der Waals surface area contributed by atoms with Crippen molar-refractivity contribution in [1.29, 1.82) is 5.26 Å². The number of fused-ring (bicyclic) bond motifs is 2. The van der Waals surface area contributed by atoms with Crippen molar-refractivity contribution in [1.82, 2.24) is 9.88 Å². The summed E-state index contributed by atoms with van der Waals surface area (Å²) >= 11 is 0. The SMILES string of the molecule is Cc1ccc2oc(C3(C)CCN(C4=C(C#N)C(O)N(C)c5cc(OC6COC6)ccc54)CC3)nc2c1. The van der Waals surface area contributed by atoms with Gasteiger partial charge in [-0.3, -0.25) is 0 Å². The zero-order valence-corrected chi connectivity index (χ0v) is 20.8. The Balaban J connectivity index is 1.29. The number of aromatic nitrogens is 1. The number of hydrogen-bond acceptors (Lipinski definition) is 8. The first-order valence-electron chi connectivity index (χ1n) is 12.4. The van der Waals surface area contributed by atoms with Crippen molar-refractivity contribution in [3.63, 3.8) is 0 Å². The van der Waals surface area contributed by atoms with Crippen LogP contribution in [0, 0.1) is 18.3 Å². The summed E-state index contributed by atoms with van der Waals surface area (Å²) in [6.45, 7) is 6.88. The Morgan fingerprint density at radius 3 is 2.64 bits per heavy atom. The minimum atomic E-state index is -1.02. The van der Waals surface area contributed by atoms with Gasteiger partial charge in [-0.25, -0.2) is 4.98 Å². The number of nitrogens with zero attached hydrogens (tertiary/aromatic N) is 4. The molecule has 8 heteroatoms. The second-order valence-corrected chi connectivity index (χ2v) is 10.4. The van der Waals surface area contributed by atoms with E-state index < -0.39 is 6.23 Å². The highest BCUT2D eigenvalue weighted by atomic mass is 16.6. The fourth-order valence-corrected chi connectivity index (χ4v) is 5.33. The average molecular weight is 487 g/mol. The minimum Gasteiger partial charge on any atom is -0.486 e. The first-order chi connectivity index (χ1) is 17.4. The number of hydrogen-bond donors (Lipinski definition) is 1. The van der Waals surface area contributed by atoms with Gasteiger partial charge in [0.25, 0.3) is 0 Å². The summed E-state index contributed by atoms with van der Waals surface area (Å²) in [4.78, 5) is 8.78. The molecule has 0 bridgehead atoms. The maximum absolute atomic E-state index is 11.0. The third-order valence-electron chi connectivity index (χ3n) is 7.76. The number of benzene rings is 2. The maximum atomic E-state index is 11.0. The molecule has 2 fully saturated rings. The number of aryl methyl sites for hydroxylation is 1. The van der Waals surface area contributed by atoms with Crippen LogP contribution in [0.25, 0.3) is 16.8 Å². The molecule has 1 aromatic heterocycles. The number of aliphatic hydroxyl groups excluding tert-OH is 1. The van der Waals surface area contributed by atoms with E-state index in [0.29, 0.717) is 18.8 Å². The summed E-state index contributed by atoms with van der Waals surface area (Å²) in [5, 5.41) is 21.1. The number of rotatable bonds is 4. The Kier molecular flexibility index (Phi) is 5.43. The van der Waals surface area contributed by atoms with Crippen LogP contribution in [0.15, 0.2) is 46.4 Å². The molecule has 4 heterocycles. The molecule has 0 radical (unpaired) electrons. The van der Waals surface area contributed by atoms with Crippen LogP contribution in [0.3, 0.4) is 0 Å². The molecule has 3 aliphatic rings. The van der Waals surface area contributed by atoms with Gasteiger partial charge in [-0.2, -0.15) is 5.26 Å². The Hall–Kier alpha value is -3.54. The molecule has 186 valence electrons. The first kappa shape index (κ1) is 22.9. The Bertz CT molecular complexity index is 1390. The van der Waals surface area contributed by atoms with Crippen LogP contribution >= 0.6 is 0 Å². The fourth-order valence-electron chi connectivity index (χ4n) is 5.33. The smallest absolute Gasteiger partial charge is 0.201 e. The molecular formula is C28H30N4O4. The fraction of sp³-hybridized carbons (Fsp3) is 0.429. The van der Waals surface area contributed by atoms with Gasteiger partial charge in [-0.05, 0) is 49.6 Å². The number of anilines is 1. The lowest BCUT2D eigenvalue weighted by atomic mass is 9.79. The van der Waals surface area contributed by atoms with Crippen molar-refractivity contribution in [2.45, 2.75) is 44.4 Å². The van der Waals surface area contributed by atoms with Gasteiger partial charge in [0, 0.05) is 37.2 Å². The molecular weight excluding hydrogens is 456 g/mol. The molecule has 0 amide bonds. The molecule has 1 N–H and O–H groups in total. The summed E-state index contributed by atoms with van der Waals surface area (Å²) in [6, 6.07) is 14.2. The Morgan fingerprint density at radius 2 is 1.94 bits per heavy atom. The van der Waals surface area contributed by atoms with Gasteiger partial charge in [0.2, 0.25) is 5.89 Å². The molecule has 0 saturated carbocycles. The number of nitriles is 1. The van der Waals surface area contributed by atoms with E-state index in [1.807, 2.05) is 30.3 Å². The van der Waals surface area contributed by atoms with Crippen molar-refractivity contribution in [2.24, 2.45) is 0 Å². The number of piperidine rings is 1. The predicted octanol–water partition coefficient (Wildman–Crippen LogP) is 3.97. The van der Waals surface area contributed by atoms with Gasteiger partial charge in [0.1, 0.15) is 29.0 Å². The molecule has 1 atom stereocenters. The molecule has 0 spiro atoms. The number of oxazole rings is 1.